The van der Waals surface area contributed by atoms with Crippen molar-refractivity contribution in [1.82, 2.24) is 4.90 Å². The van der Waals surface area contributed by atoms with Gasteiger partial charge in [0.15, 0.2) is 0 Å². The number of hydrogen-bond donors (Lipinski definition) is 0. The number of rotatable bonds is 4. The molecule has 0 radical (unpaired) electrons. The van der Waals surface area contributed by atoms with Crippen molar-refractivity contribution in [2.24, 2.45) is 0 Å². The molecule has 0 aliphatic carbocycles. The summed E-state index contributed by atoms with van der Waals surface area (Å²) in [6.45, 7) is 1.01. The van der Waals surface area contributed by atoms with Crippen molar-refractivity contribution in [2.45, 2.75) is 12.8 Å². The molecule has 5 nitrogen and oxygen atoms in total. The van der Waals surface area contributed by atoms with Crippen molar-refractivity contribution >= 4 is 29.1 Å². The van der Waals surface area contributed by atoms with Gasteiger partial charge in [-0.2, -0.15) is 5.26 Å². The summed E-state index contributed by atoms with van der Waals surface area (Å²) in [7, 11) is 0. The third-order valence-corrected chi connectivity index (χ3v) is 4.82. The number of halogens is 1. The van der Waals surface area contributed by atoms with E-state index in [-0.39, 0.29) is 18.4 Å². The summed E-state index contributed by atoms with van der Waals surface area (Å²) in [6, 6.07) is 16.4. The lowest BCUT2D eigenvalue weighted by atomic mass is 10.1. The Bertz CT molecular complexity index is 858. The van der Waals surface area contributed by atoms with Gasteiger partial charge < -0.3 is 9.80 Å². The summed E-state index contributed by atoms with van der Waals surface area (Å²) in [5, 5.41) is 9.51. The second-order valence-corrected chi connectivity index (χ2v) is 6.52. The molecule has 0 unspecified atom stereocenters. The number of piperazine rings is 1. The van der Waals surface area contributed by atoms with E-state index < -0.39 is 0 Å². The maximum atomic E-state index is 12.4. The number of nitriles is 1. The minimum absolute atomic E-state index is 0.0438. The molecule has 1 saturated heterocycles. The Balaban J connectivity index is 1.57. The molecule has 0 spiro atoms. The van der Waals surface area contributed by atoms with Gasteiger partial charge in [-0.05, 0) is 42.3 Å². The lowest BCUT2D eigenvalue weighted by Gasteiger charge is -2.34. The molecule has 0 aromatic heterocycles. The summed E-state index contributed by atoms with van der Waals surface area (Å²) in [5.74, 6) is -0.162. The van der Waals surface area contributed by atoms with Crippen LogP contribution in [0.5, 0.6) is 0 Å². The van der Waals surface area contributed by atoms with E-state index >= 15 is 0 Å². The van der Waals surface area contributed by atoms with Gasteiger partial charge in [0.2, 0.25) is 11.8 Å². The summed E-state index contributed by atoms with van der Waals surface area (Å²) < 4.78 is 0. The molecule has 1 aliphatic heterocycles. The second kappa shape index (κ2) is 8.03. The molecule has 0 bridgehead atoms. The smallest absolute Gasteiger partial charge is 0.246 e. The number of amides is 2. The van der Waals surface area contributed by atoms with Crippen LogP contribution in [0.25, 0.3) is 0 Å². The van der Waals surface area contributed by atoms with Crippen LogP contribution in [0.1, 0.15) is 17.5 Å². The minimum Gasteiger partial charge on any atom is -0.332 e. The van der Waals surface area contributed by atoms with E-state index in [0.29, 0.717) is 36.5 Å². The van der Waals surface area contributed by atoms with Crippen molar-refractivity contribution in [3.05, 3.63) is 64.7 Å². The van der Waals surface area contributed by atoms with Crippen molar-refractivity contribution in [1.29, 1.82) is 5.26 Å². The third kappa shape index (κ3) is 4.04. The van der Waals surface area contributed by atoms with Crippen LogP contribution in [0.15, 0.2) is 48.5 Å². The Morgan fingerprint density at radius 2 is 1.85 bits per heavy atom. The zero-order valence-electron chi connectivity index (χ0n) is 14.2. The molecule has 1 fully saturated rings. The quantitative estimate of drug-likeness (QED) is 0.834. The monoisotopic (exact) mass is 367 g/mol. The van der Waals surface area contributed by atoms with Crippen molar-refractivity contribution in [3.8, 4) is 6.07 Å². The van der Waals surface area contributed by atoms with Gasteiger partial charge in [-0.25, -0.2) is 0 Å². The van der Waals surface area contributed by atoms with Gasteiger partial charge in [0.05, 0.1) is 11.6 Å². The molecular weight excluding hydrogens is 350 g/mol. The first-order valence-electron chi connectivity index (χ1n) is 8.40. The van der Waals surface area contributed by atoms with Gasteiger partial charge >= 0.3 is 0 Å². The molecule has 132 valence electrons. The Morgan fingerprint density at radius 3 is 2.50 bits per heavy atom. The second-order valence-electron chi connectivity index (χ2n) is 6.11. The molecule has 6 heteroatoms. The zero-order valence-corrected chi connectivity index (χ0v) is 14.9. The normalized spacial score (nSPS) is 14.2. The van der Waals surface area contributed by atoms with Gasteiger partial charge in [-0.15, -0.1) is 0 Å². The molecule has 1 heterocycles. The SMILES string of the molecule is N#Cc1ccc(N2CCN(C(=O)CCc3ccccc3Cl)CC2=O)cc1. The van der Waals surface area contributed by atoms with Gasteiger partial charge in [0, 0.05) is 30.2 Å². The zero-order chi connectivity index (χ0) is 18.5. The van der Waals surface area contributed by atoms with E-state index in [1.54, 1.807) is 40.1 Å². The first-order valence-corrected chi connectivity index (χ1v) is 8.78. The van der Waals surface area contributed by atoms with Crippen LogP contribution in [0, 0.1) is 11.3 Å². The molecule has 2 aromatic carbocycles. The molecule has 3 rings (SSSR count). The summed E-state index contributed by atoms with van der Waals surface area (Å²) in [4.78, 5) is 28.1. The molecule has 2 amide bonds. The van der Waals surface area contributed by atoms with Crippen LogP contribution in [-0.4, -0.2) is 36.3 Å². The molecular formula is C20H18ClN3O2. The van der Waals surface area contributed by atoms with Crippen LogP contribution < -0.4 is 4.90 Å². The highest BCUT2D eigenvalue weighted by atomic mass is 35.5. The standard InChI is InChI=1S/C20H18ClN3O2/c21-18-4-2-1-3-16(18)7-10-19(25)23-11-12-24(20(26)14-23)17-8-5-15(13-22)6-9-17/h1-6,8-9H,7,10-12,14H2. The Kier molecular flexibility index (Phi) is 5.55. The molecule has 0 N–H and O–H groups in total. The number of benzene rings is 2. The number of aryl methyl sites for hydroxylation is 1. The van der Waals surface area contributed by atoms with E-state index in [2.05, 4.69) is 6.07 Å². The van der Waals surface area contributed by atoms with Crippen molar-refractivity contribution in [3.63, 3.8) is 0 Å². The van der Waals surface area contributed by atoms with Crippen LogP contribution >= 0.6 is 11.6 Å². The van der Waals surface area contributed by atoms with Crippen LogP contribution in [0.3, 0.4) is 0 Å². The first kappa shape index (κ1) is 18.0. The third-order valence-electron chi connectivity index (χ3n) is 4.45. The van der Waals surface area contributed by atoms with Crippen LogP contribution in [0.2, 0.25) is 5.02 Å². The maximum Gasteiger partial charge on any atom is 0.246 e. The van der Waals surface area contributed by atoms with Crippen LogP contribution in [0.4, 0.5) is 5.69 Å². The van der Waals surface area contributed by atoms with Gasteiger partial charge in [0.25, 0.3) is 0 Å². The van der Waals surface area contributed by atoms with Crippen molar-refractivity contribution < 1.29 is 9.59 Å². The van der Waals surface area contributed by atoms with E-state index in [1.165, 1.54) is 0 Å². The Hall–Kier alpha value is -2.84. The van der Waals surface area contributed by atoms with E-state index in [4.69, 9.17) is 16.9 Å². The molecule has 1 aliphatic rings. The highest BCUT2D eigenvalue weighted by Gasteiger charge is 2.27. The number of nitrogens with zero attached hydrogens (tertiary/aromatic N) is 3. The average molecular weight is 368 g/mol. The lowest BCUT2D eigenvalue weighted by Crippen LogP contribution is -2.52. The van der Waals surface area contributed by atoms with Crippen LogP contribution in [-0.2, 0) is 16.0 Å². The Morgan fingerprint density at radius 1 is 1.12 bits per heavy atom. The predicted molar refractivity (Wildman–Crippen MR) is 99.9 cm³/mol. The molecule has 0 saturated carbocycles. The number of carbonyl (C=O) groups excluding carboxylic acids is 2. The minimum atomic E-state index is -0.118. The molecule has 26 heavy (non-hydrogen) atoms. The van der Waals surface area contributed by atoms with Gasteiger partial charge in [-0.1, -0.05) is 29.8 Å². The highest BCUT2D eigenvalue weighted by Crippen LogP contribution is 2.20. The number of anilines is 1. The molecule has 2 aromatic rings. The fourth-order valence-electron chi connectivity index (χ4n) is 2.98. The number of carbonyl (C=O) groups is 2. The predicted octanol–water partition coefficient (Wildman–Crippen LogP) is 3.02. The molecule has 0 atom stereocenters. The summed E-state index contributed by atoms with van der Waals surface area (Å²) >= 11 is 6.12. The Labute approximate surface area is 157 Å². The van der Waals surface area contributed by atoms with E-state index in [1.807, 2.05) is 18.2 Å². The largest absolute Gasteiger partial charge is 0.332 e. The van der Waals surface area contributed by atoms with Gasteiger partial charge in [0.1, 0.15) is 6.54 Å². The summed E-state index contributed by atoms with van der Waals surface area (Å²) in [5.41, 5.74) is 2.23. The highest BCUT2D eigenvalue weighted by molar-refractivity contribution is 6.31. The van der Waals surface area contributed by atoms with Crippen molar-refractivity contribution in [2.75, 3.05) is 24.5 Å². The lowest BCUT2D eigenvalue weighted by molar-refractivity contribution is -0.136. The summed E-state index contributed by atoms with van der Waals surface area (Å²) in [6.07, 6.45) is 0.885. The van der Waals surface area contributed by atoms with E-state index in [0.717, 1.165) is 11.3 Å². The fourth-order valence-corrected chi connectivity index (χ4v) is 3.21. The van der Waals surface area contributed by atoms with E-state index in [9.17, 15) is 9.59 Å². The number of hydrogen-bond acceptors (Lipinski definition) is 3. The topological polar surface area (TPSA) is 64.4 Å². The average Bonchev–Trinajstić information content (AvgIpc) is 2.67. The van der Waals surface area contributed by atoms with Gasteiger partial charge in [-0.3, -0.25) is 9.59 Å². The first-order chi connectivity index (χ1) is 12.6. The fraction of sp³-hybridized carbons (Fsp3) is 0.250. The maximum absolute atomic E-state index is 12.4.